The van der Waals surface area contributed by atoms with Gasteiger partial charge in [-0.25, -0.2) is 0 Å². The van der Waals surface area contributed by atoms with Gasteiger partial charge in [-0.05, 0) is 40.0 Å². The molecule has 94 valence electrons. The van der Waals surface area contributed by atoms with Crippen molar-refractivity contribution in [3.8, 4) is 0 Å². The van der Waals surface area contributed by atoms with Crippen LogP contribution in [0.15, 0.2) is 27.1 Å². The Morgan fingerprint density at radius 1 is 1.35 bits per heavy atom. The van der Waals surface area contributed by atoms with E-state index in [0.717, 1.165) is 24.1 Å². The fourth-order valence-corrected chi connectivity index (χ4v) is 3.61. The molecule has 17 heavy (non-hydrogen) atoms. The van der Waals surface area contributed by atoms with Gasteiger partial charge in [0.2, 0.25) is 0 Å². The zero-order valence-corrected chi connectivity index (χ0v) is 13.4. The summed E-state index contributed by atoms with van der Waals surface area (Å²) in [6.07, 6.45) is 0. The van der Waals surface area contributed by atoms with Gasteiger partial charge in [0.1, 0.15) is 0 Å². The SMILES string of the molecule is CC(C)C1CNCCN1c1ccc(Br)cc1Br. The van der Waals surface area contributed by atoms with Crippen LogP contribution < -0.4 is 10.2 Å². The lowest BCUT2D eigenvalue weighted by Gasteiger charge is -2.40. The van der Waals surface area contributed by atoms with Gasteiger partial charge in [0.25, 0.3) is 0 Å². The summed E-state index contributed by atoms with van der Waals surface area (Å²) < 4.78 is 2.28. The molecule has 4 heteroatoms. The summed E-state index contributed by atoms with van der Waals surface area (Å²) >= 11 is 7.17. The third-order valence-electron chi connectivity index (χ3n) is 3.27. The quantitative estimate of drug-likeness (QED) is 0.864. The molecule has 1 unspecified atom stereocenters. The Hall–Kier alpha value is -0.0600. The van der Waals surface area contributed by atoms with E-state index in [1.165, 1.54) is 10.2 Å². The molecule has 1 aromatic rings. The second-order valence-electron chi connectivity index (χ2n) is 4.80. The summed E-state index contributed by atoms with van der Waals surface area (Å²) in [7, 11) is 0. The molecule has 1 aliphatic rings. The molecule has 0 aromatic heterocycles. The molecule has 0 radical (unpaired) electrons. The van der Waals surface area contributed by atoms with Crippen LogP contribution in [0.4, 0.5) is 5.69 Å². The average Bonchev–Trinajstić information content (AvgIpc) is 2.29. The lowest BCUT2D eigenvalue weighted by Crippen LogP contribution is -2.53. The van der Waals surface area contributed by atoms with Crippen LogP contribution in [0.1, 0.15) is 13.8 Å². The molecule has 1 heterocycles. The van der Waals surface area contributed by atoms with Crippen molar-refractivity contribution in [1.29, 1.82) is 0 Å². The topological polar surface area (TPSA) is 15.3 Å². The van der Waals surface area contributed by atoms with Crippen molar-refractivity contribution in [2.75, 3.05) is 24.5 Å². The minimum atomic E-state index is 0.571. The number of anilines is 1. The third kappa shape index (κ3) is 3.04. The summed E-state index contributed by atoms with van der Waals surface area (Å²) in [4.78, 5) is 2.51. The smallest absolute Gasteiger partial charge is 0.0514 e. The first kappa shape index (κ1) is 13.4. The summed E-state index contributed by atoms with van der Waals surface area (Å²) in [5.41, 5.74) is 1.30. The second kappa shape index (κ2) is 5.72. The van der Waals surface area contributed by atoms with Gasteiger partial charge < -0.3 is 10.2 Å². The number of hydrogen-bond donors (Lipinski definition) is 1. The molecule has 2 nitrogen and oxygen atoms in total. The average molecular weight is 362 g/mol. The molecule has 0 aliphatic carbocycles. The van der Waals surface area contributed by atoms with Crippen molar-refractivity contribution in [2.24, 2.45) is 5.92 Å². The van der Waals surface area contributed by atoms with Gasteiger partial charge in [0.05, 0.1) is 5.69 Å². The van der Waals surface area contributed by atoms with Crippen LogP contribution in [0.5, 0.6) is 0 Å². The van der Waals surface area contributed by atoms with E-state index in [1.54, 1.807) is 0 Å². The van der Waals surface area contributed by atoms with Crippen molar-refractivity contribution >= 4 is 37.5 Å². The highest BCUT2D eigenvalue weighted by Gasteiger charge is 2.26. The van der Waals surface area contributed by atoms with Gasteiger partial charge in [-0.2, -0.15) is 0 Å². The summed E-state index contributed by atoms with van der Waals surface area (Å²) in [5, 5.41) is 3.48. The normalized spacial score (nSPS) is 21.0. The first-order chi connectivity index (χ1) is 8.09. The highest BCUT2D eigenvalue weighted by atomic mass is 79.9. The van der Waals surface area contributed by atoms with E-state index < -0.39 is 0 Å². The lowest BCUT2D eigenvalue weighted by molar-refractivity contribution is 0.390. The standard InChI is InChI=1S/C13H18Br2N2/c1-9(2)13-8-16-5-6-17(13)12-4-3-10(14)7-11(12)15/h3-4,7,9,13,16H,5-6,8H2,1-2H3. The number of nitrogens with zero attached hydrogens (tertiary/aromatic N) is 1. The lowest BCUT2D eigenvalue weighted by atomic mass is 10.00. The van der Waals surface area contributed by atoms with Gasteiger partial charge in [-0.15, -0.1) is 0 Å². The minimum absolute atomic E-state index is 0.571. The van der Waals surface area contributed by atoms with Crippen LogP contribution >= 0.6 is 31.9 Å². The van der Waals surface area contributed by atoms with Crippen molar-refractivity contribution in [1.82, 2.24) is 5.32 Å². The molecule has 1 aliphatic heterocycles. The Morgan fingerprint density at radius 2 is 2.12 bits per heavy atom. The molecule has 0 saturated carbocycles. The van der Waals surface area contributed by atoms with Crippen molar-refractivity contribution < 1.29 is 0 Å². The molecule has 0 spiro atoms. The largest absolute Gasteiger partial charge is 0.365 e. The second-order valence-corrected chi connectivity index (χ2v) is 6.57. The van der Waals surface area contributed by atoms with Gasteiger partial charge in [0, 0.05) is 34.6 Å². The monoisotopic (exact) mass is 360 g/mol. The maximum atomic E-state index is 3.67. The van der Waals surface area contributed by atoms with Crippen LogP contribution in [-0.2, 0) is 0 Å². The first-order valence-corrected chi connectivity index (χ1v) is 7.60. The Morgan fingerprint density at radius 3 is 2.76 bits per heavy atom. The van der Waals surface area contributed by atoms with Crippen molar-refractivity contribution in [3.63, 3.8) is 0 Å². The third-order valence-corrected chi connectivity index (χ3v) is 4.40. The predicted octanol–water partition coefficient (Wildman–Crippen LogP) is 3.65. The number of hydrogen-bond acceptors (Lipinski definition) is 2. The van der Waals surface area contributed by atoms with E-state index in [-0.39, 0.29) is 0 Å². The van der Waals surface area contributed by atoms with E-state index in [1.807, 2.05) is 0 Å². The van der Waals surface area contributed by atoms with E-state index in [9.17, 15) is 0 Å². The number of halogens is 2. The Labute approximate surface area is 120 Å². The molecule has 2 rings (SSSR count). The molecule has 1 aromatic carbocycles. The van der Waals surface area contributed by atoms with Crippen molar-refractivity contribution in [3.05, 3.63) is 27.1 Å². The summed E-state index contributed by atoms with van der Waals surface area (Å²) in [6, 6.07) is 6.99. The number of piperazine rings is 1. The maximum Gasteiger partial charge on any atom is 0.0514 e. The molecule has 1 saturated heterocycles. The fourth-order valence-electron chi connectivity index (χ4n) is 2.33. The number of benzene rings is 1. The molecular formula is C13H18Br2N2. The zero-order valence-electron chi connectivity index (χ0n) is 10.2. The van der Waals surface area contributed by atoms with Crippen LogP contribution in [0.25, 0.3) is 0 Å². The van der Waals surface area contributed by atoms with Crippen molar-refractivity contribution in [2.45, 2.75) is 19.9 Å². The Kier molecular flexibility index (Phi) is 4.50. The maximum absolute atomic E-state index is 3.67. The molecule has 1 atom stereocenters. The van der Waals surface area contributed by atoms with E-state index >= 15 is 0 Å². The van der Waals surface area contributed by atoms with Gasteiger partial charge in [-0.3, -0.25) is 0 Å². The first-order valence-electron chi connectivity index (χ1n) is 6.02. The van der Waals surface area contributed by atoms with E-state index in [2.05, 4.69) is 74.1 Å². The molecule has 0 amide bonds. The van der Waals surface area contributed by atoms with Gasteiger partial charge >= 0.3 is 0 Å². The van der Waals surface area contributed by atoms with Crippen LogP contribution in [-0.4, -0.2) is 25.7 Å². The summed E-state index contributed by atoms with van der Waals surface area (Å²) in [6.45, 7) is 7.78. The number of rotatable bonds is 2. The summed E-state index contributed by atoms with van der Waals surface area (Å²) in [5.74, 6) is 0.651. The van der Waals surface area contributed by atoms with Gasteiger partial charge in [-0.1, -0.05) is 29.8 Å². The molecule has 0 bridgehead atoms. The zero-order chi connectivity index (χ0) is 12.4. The molecule has 1 N–H and O–H groups in total. The highest BCUT2D eigenvalue weighted by Crippen LogP contribution is 2.32. The molecule has 1 fully saturated rings. The Bertz CT molecular complexity index is 393. The predicted molar refractivity (Wildman–Crippen MR) is 80.7 cm³/mol. The van der Waals surface area contributed by atoms with Crippen LogP contribution in [0, 0.1) is 5.92 Å². The molecular weight excluding hydrogens is 344 g/mol. The van der Waals surface area contributed by atoms with Crippen LogP contribution in [0.3, 0.4) is 0 Å². The fraction of sp³-hybridized carbons (Fsp3) is 0.538. The van der Waals surface area contributed by atoms with E-state index in [4.69, 9.17) is 0 Å². The Balaban J connectivity index is 2.29. The van der Waals surface area contributed by atoms with Crippen LogP contribution in [0.2, 0.25) is 0 Å². The minimum Gasteiger partial charge on any atom is -0.365 e. The number of nitrogens with one attached hydrogen (secondary N) is 1. The highest BCUT2D eigenvalue weighted by molar-refractivity contribution is 9.11. The van der Waals surface area contributed by atoms with E-state index in [0.29, 0.717) is 12.0 Å². The van der Waals surface area contributed by atoms with Gasteiger partial charge in [0.15, 0.2) is 0 Å².